The van der Waals surface area contributed by atoms with E-state index < -0.39 is 0 Å². The number of aryl methyl sites for hydroxylation is 1. The lowest BCUT2D eigenvalue weighted by Gasteiger charge is -2.18. The van der Waals surface area contributed by atoms with E-state index in [-0.39, 0.29) is 11.2 Å². The van der Waals surface area contributed by atoms with Gasteiger partial charge in [-0.25, -0.2) is 0 Å². The summed E-state index contributed by atoms with van der Waals surface area (Å²) >= 11 is 1.24. The Hall–Kier alpha value is -2.67. The van der Waals surface area contributed by atoms with Gasteiger partial charge >= 0.3 is 0 Å². The zero-order chi connectivity index (χ0) is 19.4. The normalized spacial score (nSPS) is 12.2. The summed E-state index contributed by atoms with van der Waals surface area (Å²) in [4.78, 5) is 16.7. The van der Waals surface area contributed by atoms with Crippen molar-refractivity contribution in [2.24, 2.45) is 0 Å². The monoisotopic (exact) mass is 382 g/mol. The number of thioether (sulfide) groups is 1. The van der Waals surface area contributed by atoms with Crippen LogP contribution in [0.5, 0.6) is 0 Å². The molecule has 0 fully saturated rings. The van der Waals surface area contributed by atoms with Crippen LogP contribution >= 0.6 is 11.8 Å². The molecule has 2 heterocycles. The molecule has 3 rings (SSSR count). The Morgan fingerprint density at radius 1 is 1.11 bits per heavy atom. The maximum absolute atomic E-state index is 12.7. The van der Waals surface area contributed by atoms with Gasteiger partial charge in [-0.15, -0.1) is 10.2 Å². The molecule has 1 unspecified atom stereocenters. The maximum atomic E-state index is 12.7. The molecule has 0 aliphatic rings. The molecule has 140 valence electrons. The number of anilines is 1. The van der Waals surface area contributed by atoms with Gasteiger partial charge in [0.05, 0.1) is 5.25 Å². The van der Waals surface area contributed by atoms with E-state index in [1.807, 2.05) is 32.0 Å². The van der Waals surface area contributed by atoms with Crippen LogP contribution in [-0.2, 0) is 4.79 Å². The minimum atomic E-state index is -0.379. The molecule has 0 radical (unpaired) electrons. The highest BCUT2D eigenvalue weighted by Gasteiger charge is 2.21. The van der Waals surface area contributed by atoms with Gasteiger partial charge in [0.1, 0.15) is 0 Å². The summed E-state index contributed by atoms with van der Waals surface area (Å²) in [6.45, 7) is 8.05. The van der Waals surface area contributed by atoms with E-state index in [4.69, 9.17) is 4.42 Å². The lowest BCUT2D eigenvalue weighted by atomic mass is 9.98. The highest BCUT2D eigenvalue weighted by molar-refractivity contribution is 8.00. The zero-order valence-electron chi connectivity index (χ0n) is 15.8. The minimum Gasteiger partial charge on any atom is -0.411 e. The Morgan fingerprint density at radius 2 is 1.85 bits per heavy atom. The van der Waals surface area contributed by atoms with Gasteiger partial charge in [0, 0.05) is 23.6 Å². The van der Waals surface area contributed by atoms with E-state index in [0.29, 0.717) is 17.0 Å². The lowest BCUT2D eigenvalue weighted by Crippen LogP contribution is -2.23. The van der Waals surface area contributed by atoms with Crippen LogP contribution in [0, 0.1) is 6.92 Å². The van der Waals surface area contributed by atoms with Gasteiger partial charge in [-0.05, 0) is 43.0 Å². The molecule has 1 N–H and O–H groups in total. The predicted molar refractivity (Wildman–Crippen MR) is 107 cm³/mol. The summed E-state index contributed by atoms with van der Waals surface area (Å²) in [5, 5.41) is 11.1. The predicted octanol–water partition coefficient (Wildman–Crippen LogP) is 4.68. The van der Waals surface area contributed by atoms with E-state index in [1.165, 1.54) is 11.8 Å². The number of aromatic nitrogens is 3. The third kappa shape index (κ3) is 4.54. The molecular weight excluding hydrogens is 360 g/mol. The van der Waals surface area contributed by atoms with Gasteiger partial charge in [-0.3, -0.25) is 9.78 Å². The molecule has 6 nitrogen and oxygen atoms in total. The van der Waals surface area contributed by atoms with E-state index in [2.05, 4.69) is 34.3 Å². The van der Waals surface area contributed by atoms with Crippen molar-refractivity contribution in [1.82, 2.24) is 15.2 Å². The van der Waals surface area contributed by atoms with Crippen molar-refractivity contribution in [3.8, 4) is 11.5 Å². The molecule has 3 aromatic rings. The van der Waals surface area contributed by atoms with Crippen LogP contribution in [-0.4, -0.2) is 26.3 Å². The lowest BCUT2D eigenvalue weighted by molar-refractivity contribution is -0.115. The SMILES string of the molecule is Cc1cccc(C(C)C)c1NC(=O)C(C)Sc1nnc(-c2ccncc2)o1. The number of benzene rings is 1. The first-order chi connectivity index (χ1) is 13.0. The first kappa shape index (κ1) is 19.1. The number of pyridine rings is 1. The van der Waals surface area contributed by atoms with Crippen LogP contribution in [0.25, 0.3) is 11.5 Å². The zero-order valence-corrected chi connectivity index (χ0v) is 16.6. The van der Waals surface area contributed by atoms with Crippen molar-refractivity contribution in [2.45, 2.75) is 44.1 Å². The second-order valence-corrected chi connectivity index (χ2v) is 7.84. The van der Waals surface area contributed by atoms with Crippen LogP contribution < -0.4 is 5.32 Å². The minimum absolute atomic E-state index is 0.0974. The fourth-order valence-corrected chi connectivity index (χ4v) is 3.32. The molecule has 1 aromatic carbocycles. The largest absolute Gasteiger partial charge is 0.411 e. The molecule has 0 saturated carbocycles. The van der Waals surface area contributed by atoms with Crippen LogP contribution in [0.1, 0.15) is 37.8 Å². The number of nitrogens with one attached hydrogen (secondary N) is 1. The number of carbonyl (C=O) groups is 1. The van der Waals surface area contributed by atoms with Gasteiger partial charge in [-0.2, -0.15) is 0 Å². The summed E-state index contributed by atoms with van der Waals surface area (Å²) in [6, 6.07) is 9.65. The van der Waals surface area contributed by atoms with E-state index >= 15 is 0 Å². The van der Waals surface area contributed by atoms with Crippen LogP contribution in [0.4, 0.5) is 5.69 Å². The molecule has 0 bridgehead atoms. The second-order valence-electron chi connectivity index (χ2n) is 6.55. The number of hydrogen-bond acceptors (Lipinski definition) is 6. The topological polar surface area (TPSA) is 80.9 Å². The van der Waals surface area contributed by atoms with Crippen molar-refractivity contribution in [1.29, 1.82) is 0 Å². The number of para-hydroxylation sites is 1. The standard InChI is InChI=1S/C20H22N4O2S/c1-12(2)16-7-5-6-13(3)17(16)22-18(25)14(4)27-20-24-23-19(26-20)15-8-10-21-11-9-15/h5-12,14H,1-4H3,(H,22,25). The number of nitrogens with zero attached hydrogens (tertiary/aromatic N) is 3. The molecular formula is C20H22N4O2S. The molecule has 0 saturated heterocycles. The van der Waals surface area contributed by atoms with E-state index in [1.54, 1.807) is 24.5 Å². The average Bonchev–Trinajstić information content (AvgIpc) is 3.12. The van der Waals surface area contributed by atoms with Crippen molar-refractivity contribution in [2.75, 3.05) is 5.32 Å². The smallest absolute Gasteiger partial charge is 0.277 e. The molecule has 2 aromatic heterocycles. The van der Waals surface area contributed by atoms with Crippen molar-refractivity contribution in [3.05, 3.63) is 53.9 Å². The van der Waals surface area contributed by atoms with E-state index in [0.717, 1.165) is 22.4 Å². The second kappa shape index (κ2) is 8.35. The number of rotatable bonds is 6. The highest BCUT2D eigenvalue weighted by Crippen LogP contribution is 2.30. The molecule has 1 atom stereocenters. The number of amides is 1. The maximum Gasteiger partial charge on any atom is 0.277 e. The Bertz CT molecular complexity index is 925. The van der Waals surface area contributed by atoms with Gasteiger partial charge in [0.25, 0.3) is 5.22 Å². The molecule has 0 aliphatic carbocycles. The quantitative estimate of drug-likeness (QED) is 0.623. The first-order valence-electron chi connectivity index (χ1n) is 8.76. The third-order valence-corrected chi connectivity index (χ3v) is 5.09. The molecule has 1 amide bonds. The highest BCUT2D eigenvalue weighted by atomic mass is 32.2. The van der Waals surface area contributed by atoms with Gasteiger partial charge in [-0.1, -0.05) is 43.8 Å². The summed E-state index contributed by atoms with van der Waals surface area (Å²) in [6.07, 6.45) is 3.33. The fourth-order valence-electron chi connectivity index (χ4n) is 2.64. The van der Waals surface area contributed by atoms with Crippen molar-refractivity contribution in [3.63, 3.8) is 0 Å². The Balaban J connectivity index is 1.70. The van der Waals surface area contributed by atoms with Crippen LogP contribution in [0.15, 0.2) is 52.4 Å². The van der Waals surface area contributed by atoms with Gasteiger partial charge in [0.2, 0.25) is 11.8 Å². The first-order valence-corrected chi connectivity index (χ1v) is 9.64. The molecule has 7 heteroatoms. The van der Waals surface area contributed by atoms with Crippen LogP contribution in [0.2, 0.25) is 0 Å². The third-order valence-electron chi connectivity index (χ3n) is 4.16. The van der Waals surface area contributed by atoms with E-state index in [9.17, 15) is 4.79 Å². The van der Waals surface area contributed by atoms with Crippen molar-refractivity contribution < 1.29 is 9.21 Å². The van der Waals surface area contributed by atoms with Gasteiger partial charge in [0.15, 0.2) is 0 Å². The number of carbonyl (C=O) groups excluding carboxylic acids is 1. The summed E-state index contributed by atoms with van der Waals surface area (Å²) < 4.78 is 5.66. The van der Waals surface area contributed by atoms with Gasteiger partial charge < -0.3 is 9.73 Å². The molecule has 0 spiro atoms. The Kier molecular flexibility index (Phi) is 5.91. The Morgan fingerprint density at radius 3 is 2.56 bits per heavy atom. The summed E-state index contributed by atoms with van der Waals surface area (Å²) in [7, 11) is 0. The molecule has 27 heavy (non-hydrogen) atoms. The Labute approximate surface area is 162 Å². The fraction of sp³-hybridized carbons (Fsp3) is 0.300. The van der Waals surface area contributed by atoms with Crippen molar-refractivity contribution >= 4 is 23.4 Å². The molecule has 0 aliphatic heterocycles. The summed E-state index contributed by atoms with van der Waals surface area (Å²) in [5.74, 6) is 0.635. The average molecular weight is 382 g/mol. The number of hydrogen-bond donors (Lipinski definition) is 1. The summed E-state index contributed by atoms with van der Waals surface area (Å²) in [5.41, 5.74) is 3.85. The van der Waals surface area contributed by atoms with Crippen LogP contribution in [0.3, 0.4) is 0 Å².